The second-order valence-corrected chi connectivity index (χ2v) is 5.84. The maximum atomic E-state index is 12.9. The second-order valence-electron chi connectivity index (χ2n) is 5.84. The van der Waals surface area contributed by atoms with Gasteiger partial charge in [0.25, 0.3) is 0 Å². The standard InChI is InChI=1S/C14H25N3O2/c1-2-5-14(6-8-16-9-7-14)13(19)17-10-3-4-11(17)12(15)18/h11,16H,2-10H2,1H3,(H2,15,18). The highest BCUT2D eigenvalue weighted by Gasteiger charge is 2.45. The third-order valence-electron chi connectivity index (χ3n) is 4.58. The highest BCUT2D eigenvalue weighted by molar-refractivity contribution is 5.90. The Morgan fingerprint density at radius 2 is 2.05 bits per heavy atom. The van der Waals surface area contributed by atoms with E-state index in [2.05, 4.69) is 12.2 Å². The molecule has 0 aliphatic carbocycles. The molecule has 0 aromatic carbocycles. The molecule has 2 aliphatic rings. The molecule has 0 radical (unpaired) electrons. The summed E-state index contributed by atoms with van der Waals surface area (Å²) in [7, 11) is 0. The monoisotopic (exact) mass is 267 g/mol. The van der Waals surface area contributed by atoms with Gasteiger partial charge in [0.15, 0.2) is 0 Å². The fraction of sp³-hybridized carbons (Fsp3) is 0.857. The van der Waals surface area contributed by atoms with Crippen LogP contribution in [0.4, 0.5) is 0 Å². The van der Waals surface area contributed by atoms with Crippen LogP contribution < -0.4 is 11.1 Å². The fourth-order valence-electron chi connectivity index (χ4n) is 3.56. The predicted octanol–water partition coefficient (Wildman–Crippen LogP) is 0.633. The van der Waals surface area contributed by atoms with Gasteiger partial charge in [0.05, 0.1) is 5.41 Å². The molecule has 108 valence electrons. The summed E-state index contributed by atoms with van der Waals surface area (Å²) in [6.45, 7) is 4.58. The van der Waals surface area contributed by atoms with Gasteiger partial charge >= 0.3 is 0 Å². The average molecular weight is 267 g/mol. The van der Waals surface area contributed by atoms with E-state index < -0.39 is 0 Å². The molecule has 2 fully saturated rings. The summed E-state index contributed by atoms with van der Waals surface area (Å²) in [6, 6.07) is -0.379. The van der Waals surface area contributed by atoms with Crippen LogP contribution in [0, 0.1) is 5.41 Å². The van der Waals surface area contributed by atoms with Crippen molar-refractivity contribution in [1.82, 2.24) is 10.2 Å². The topological polar surface area (TPSA) is 75.4 Å². The van der Waals surface area contributed by atoms with E-state index in [-0.39, 0.29) is 23.3 Å². The molecule has 2 saturated heterocycles. The van der Waals surface area contributed by atoms with E-state index in [4.69, 9.17) is 5.73 Å². The van der Waals surface area contributed by atoms with E-state index in [9.17, 15) is 9.59 Å². The van der Waals surface area contributed by atoms with Crippen LogP contribution in [0.5, 0.6) is 0 Å². The van der Waals surface area contributed by atoms with Crippen LogP contribution in [0.2, 0.25) is 0 Å². The predicted molar refractivity (Wildman–Crippen MR) is 73.4 cm³/mol. The molecule has 0 aromatic heterocycles. The summed E-state index contributed by atoms with van der Waals surface area (Å²) in [5.74, 6) is -0.191. The zero-order valence-electron chi connectivity index (χ0n) is 11.8. The van der Waals surface area contributed by atoms with Crippen molar-refractivity contribution in [2.45, 2.75) is 51.5 Å². The number of piperidine rings is 1. The van der Waals surface area contributed by atoms with E-state index >= 15 is 0 Å². The van der Waals surface area contributed by atoms with E-state index in [0.29, 0.717) is 6.54 Å². The van der Waals surface area contributed by atoms with Gasteiger partial charge in [-0.05, 0) is 45.2 Å². The fourth-order valence-corrected chi connectivity index (χ4v) is 3.56. The van der Waals surface area contributed by atoms with E-state index in [1.165, 1.54) is 0 Å². The number of primary amides is 1. The van der Waals surface area contributed by atoms with Crippen LogP contribution in [-0.2, 0) is 9.59 Å². The second kappa shape index (κ2) is 5.90. The van der Waals surface area contributed by atoms with Gasteiger partial charge in [0.1, 0.15) is 6.04 Å². The largest absolute Gasteiger partial charge is 0.368 e. The summed E-state index contributed by atoms with van der Waals surface area (Å²) in [5.41, 5.74) is 5.16. The summed E-state index contributed by atoms with van der Waals surface area (Å²) >= 11 is 0. The zero-order valence-corrected chi connectivity index (χ0v) is 11.8. The molecule has 1 atom stereocenters. The van der Waals surface area contributed by atoms with Crippen molar-refractivity contribution in [3.63, 3.8) is 0 Å². The van der Waals surface area contributed by atoms with Crippen molar-refractivity contribution < 1.29 is 9.59 Å². The smallest absolute Gasteiger partial charge is 0.240 e. The molecular weight excluding hydrogens is 242 g/mol. The number of nitrogens with two attached hydrogens (primary N) is 1. The minimum absolute atomic E-state index is 0.164. The van der Waals surface area contributed by atoms with Crippen molar-refractivity contribution in [1.29, 1.82) is 0 Å². The normalized spacial score (nSPS) is 26.4. The molecule has 0 spiro atoms. The molecule has 2 amide bonds. The third kappa shape index (κ3) is 2.76. The lowest BCUT2D eigenvalue weighted by atomic mass is 9.74. The first-order valence-corrected chi connectivity index (χ1v) is 7.42. The highest BCUT2D eigenvalue weighted by Crippen LogP contribution is 2.38. The maximum absolute atomic E-state index is 12.9. The van der Waals surface area contributed by atoms with Gasteiger partial charge < -0.3 is 16.0 Å². The number of likely N-dealkylation sites (tertiary alicyclic amines) is 1. The summed E-state index contributed by atoms with van der Waals surface area (Å²) in [5, 5.41) is 3.31. The molecule has 19 heavy (non-hydrogen) atoms. The number of nitrogens with zero attached hydrogens (tertiary/aromatic N) is 1. The van der Waals surface area contributed by atoms with Crippen molar-refractivity contribution in [2.24, 2.45) is 11.1 Å². The first-order chi connectivity index (χ1) is 9.10. The third-order valence-corrected chi connectivity index (χ3v) is 4.58. The SMILES string of the molecule is CCCC1(C(=O)N2CCCC2C(N)=O)CCNCC1. The van der Waals surface area contributed by atoms with Crippen LogP contribution in [0.3, 0.4) is 0 Å². The number of carbonyl (C=O) groups excluding carboxylic acids is 2. The first kappa shape index (κ1) is 14.3. The Bertz CT molecular complexity index is 345. The molecule has 5 heteroatoms. The lowest BCUT2D eigenvalue weighted by Gasteiger charge is -2.40. The van der Waals surface area contributed by atoms with E-state index in [1.807, 2.05) is 0 Å². The minimum Gasteiger partial charge on any atom is -0.368 e. The number of rotatable bonds is 4. The number of hydrogen-bond donors (Lipinski definition) is 2. The van der Waals surface area contributed by atoms with Crippen LogP contribution in [0.15, 0.2) is 0 Å². The molecule has 0 aromatic rings. The summed E-state index contributed by atoms with van der Waals surface area (Å²) in [4.78, 5) is 26.1. The molecule has 2 heterocycles. The zero-order chi connectivity index (χ0) is 13.9. The Morgan fingerprint density at radius 1 is 1.37 bits per heavy atom. The molecule has 2 aliphatic heterocycles. The Morgan fingerprint density at radius 3 is 2.63 bits per heavy atom. The Balaban J connectivity index is 2.16. The molecule has 5 nitrogen and oxygen atoms in total. The molecule has 0 saturated carbocycles. The van der Waals surface area contributed by atoms with E-state index in [1.54, 1.807) is 4.90 Å². The van der Waals surface area contributed by atoms with Gasteiger partial charge in [0.2, 0.25) is 11.8 Å². The van der Waals surface area contributed by atoms with Crippen molar-refractivity contribution in [3.8, 4) is 0 Å². The lowest BCUT2D eigenvalue weighted by molar-refractivity contribution is -0.148. The minimum atomic E-state index is -0.379. The van der Waals surface area contributed by atoms with Gasteiger partial charge in [-0.1, -0.05) is 13.3 Å². The number of carbonyl (C=O) groups is 2. The quantitative estimate of drug-likeness (QED) is 0.784. The van der Waals surface area contributed by atoms with Crippen molar-refractivity contribution >= 4 is 11.8 Å². The van der Waals surface area contributed by atoms with Crippen LogP contribution >= 0.6 is 0 Å². The summed E-state index contributed by atoms with van der Waals surface area (Å²) in [6.07, 6.45) is 5.28. The summed E-state index contributed by atoms with van der Waals surface area (Å²) < 4.78 is 0. The molecule has 0 bridgehead atoms. The van der Waals surface area contributed by atoms with Crippen LogP contribution in [-0.4, -0.2) is 42.4 Å². The Kier molecular flexibility index (Phi) is 4.45. The molecule has 2 rings (SSSR count). The maximum Gasteiger partial charge on any atom is 0.240 e. The number of nitrogens with one attached hydrogen (secondary N) is 1. The molecule has 1 unspecified atom stereocenters. The van der Waals surface area contributed by atoms with Crippen molar-refractivity contribution in [2.75, 3.05) is 19.6 Å². The highest BCUT2D eigenvalue weighted by atomic mass is 16.2. The Hall–Kier alpha value is -1.10. The number of hydrogen-bond acceptors (Lipinski definition) is 3. The van der Waals surface area contributed by atoms with Gasteiger partial charge in [-0.3, -0.25) is 9.59 Å². The lowest BCUT2D eigenvalue weighted by Crippen LogP contribution is -2.53. The molecular formula is C14H25N3O2. The van der Waals surface area contributed by atoms with Crippen molar-refractivity contribution in [3.05, 3.63) is 0 Å². The van der Waals surface area contributed by atoms with Gasteiger partial charge in [0, 0.05) is 6.54 Å². The number of amides is 2. The van der Waals surface area contributed by atoms with Gasteiger partial charge in [-0.2, -0.15) is 0 Å². The first-order valence-electron chi connectivity index (χ1n) is 7.42. The molecule has 3 N–H and O–H groups in total. The van der Waals surface area contributed by atoms with Gasteiger partial charge in [-0.25, -0.2) is 0 Å². The van der Waals surface area contributed by atoms with E-state index in [0.717, 1.165) is 51.6 Å². The Labute approximate surface area is 114 Å². The van der Waals surface area contributed by atoms with Crippen LogP contribution in [0.1, 0.15) is 45.4 Å². The van der Waals surface area contributed by atoms with Gasteiger partial charge in [-0.15, -0.1) is 0 Å². The van der Waals surface area contributed by atoms with Crippen LogP contribution in [0.25, 0.3) is 0 Å². The average Bonchev–Trinajstić information content (AvgIpc) is 2.88.